The lowest BCUT2D eigenvalue weighted by atomic mass is 9.93. The van der Waals surface area contributed by atoms with Crippen molar-refractivity contribution in [3.8, 4) is 5.88 Å². The molecule has 2 aliphatic rings. The van der Waals surface area contributed by atoms with Crippen molar-refractivity contribution in [1.29, 1.82) is 0 Å². The van der Waals surface area contributed by atoms with Crippen LogP contribution >= 0.6 is 0 Å². The van der Waals surface area contributed by atoms with Gasteiger partial charge in [-0.25, -0.2) is 4.98 Å². The van der Waals surface area contributed by atoms with Gasteiger partial charge in [0.1, 0.15) is 12.4 Å². The Kier molecular flexibility index (Phi) is 6.36. The summed E-state index contributed by atoms with van der Waals surface area (Å²) in [5, 5.41) is 21.2. The molecule has 0 aromatic carbocycles. The Balaban J connectivity index is 1.23. The van der Waals surface area contributed by atoms with Gasteiger partial charge in [0.15, 0.2) is 5.65 Å². The van der Waals surface area contributed by atoms with Crippen LogP contribution in [-0.4, -0.2) is 68.0 Å². The highest BCUT2D eigenvalue weighted by Crippen LogP contribution is 2.24. The quantitative estimate of drug-likeness (QED) is 0.494. The second-order valence-electron chi connectivity index (χ2n) is 8.67. The minimum absolute atomic E-state index is 0.166. The third-order valence-electron chi connectivity index (χ3n) is 6.26. The number of likely N-dealkylation sites (tertiary alicyclic amines) is 1. The first kappa shape index (κ1) is 21.0. The SMILES string of the molecule is OC1CCC(Nc2cccc3nc(Nc4ccnc(OCCN5CCCC5)c4)nn23)CC1. The molecule has 9 heteroatoms. The van der Waals surface area contributed by atoms with Crippen LogP contribution in [0.5, 0.6) is 5.88 Å². The Hall–Kier alpha value is -2.91. The number of anilines is 3. The van der Waals surface area contributed by atoms with Gasteiger partial charge in [0.25, 0.3) is 0 Å². The fraction of sp³-hybridized carbons (Fsp3) is 0.522. The molecule has 9 nitrogen and oxygen atoms in total. The molecule has 1 aliphatic carbocycles. The lowest BCUT2D eigenvalue weighted by Gasteiger charge is -2.26. The Morgan fingerprint density at radius 3 is 2.78 bits per heavy atom. The lowest BCUT2D eigenvalue weighted by molar-refractivity contribution is 0.126. The lowest BCUT2D eigenvalue weighted by Crippen LogP contribution is -2.29. The molecule has 0 unspecified atom stereocenters. The minimum Gasteiger partial charge on any atom is -0.476 e. The highest BCUT2D eigenvalue weighted by molar-refractivity contribution is 5.58. The summed E-state index contributed by atoms with van der Waals surface area (Å²) < 4.78 is 7.67. The van der Waals surface area contributed by atoms with E-state index >= 15 is 0 Å². The van der Waals surface area contributed by atoms with Crippen LogP contribution in [0.25, 0.3) is 5.65 Å². The molecule has 1 saturated heterocycles. The molecule has 1 saturated carbocycles. The summed E-state index contributed by atoms with van der Waals surface area (Å²) in [6, 6.07) is 10.0. The van der Waals surface area contributed by atoms with Crippen LogP contribution in [0.4, 0.5) is 17.5 Å². The van der Waals surface area contributed by atoms with Crippen molar-refractivity contribution in [3.63, 3.8) is 0 Å². The smallest absolute Gasteiger partial charge is 0.247 e. The van der Waals surface area contributed by atoms with E-state index in [1.807, 2.05) is 34.8 Å². The number of aliphatic hydroxyl groups is 1. The van der Waals surface area contributed by atoms with E-state index in [0.29, 0.717) is 24.5 Å². The van der Waals surface area contributed by atoms with E-state index in [-0.39, 0.29) is 6.10 Å². The van der Waals surface area contributed by atoms with Gasteiger partial charge in [-0.05, 0) is 69.8 Å². The van der Waals surface area contributed by atoms with Crippen molar-refractivity contribution in [2.24, 2.45) is 0 Å². The van der Waals surface area contributed by atoms with Gasteiger partial charge in [-0.2, -0.15) is 9.50 Å². The average molecular weight is 438 g/mol. The summed E-state index contributed by atoms with van der Waals surface area (Å²) in [6.45, 7) is 3.90. The van der Waals surface area contributed by atoms with Crippen molar-refractivity contribution in [2.75, 3.05) is 36.9 Å². The standard InChI is InChI=1S/C23H31N7O2/c31-19-8-6-17(7-9-19)25-20-4-3-5-21-27-23(28-30(20)21)26-18-10-11-24-22(16-18)32-15-14-29-12-1-2-13-29/h3-5,10-11,16-17,19,25,31H,1-2,6-9,12-15H2,(H,24,26,28). The first-order valence-corrected chi connectivity index (χ1v) is 11.6. The number of nitrogens with zero attached hydrogens (tertiary/aromatic N) is 5. The van der Waals surface area contributed by atoms with E-state index in [4.69, 9.17) is 4.74 Å². The fourth-order valence-corrected chi connectivity index (χ4v) is 4.48. The van der Waals surface area contributed by atoms with E-state index in [1.165, 1.54) is 12.8 Å². The third-order valence-corrected chi connectivity index (χ3v) is 6.26. The van der Waals surface area contributed by atoms with Crippen LogP contribution in [0.1, 0.15) is 38.5 Å². The van der Waals surface area contributed by atoms with Crippen LogP contribution in [0, 0.1) is 0 Å². The minimum atomic E-state index is -0.166. The van der Waals surface area contributed by atoms with E-state index in [2.05, 4.69) is 30.6 Å². The Labute approximate surface area is 187 Å². The van der Waals surface area contributed by atoms with Gasteiger partial charge in [0.05, 0.1) is 6.10 Å². The van der Waals surface area contributed by atoms with Crippen molar-refractivity contribution >= 4 is 23.1 Å². The molecule has 3 aromatic rings. The molecule has 3 N–H and O–H groups in total. The number of pyridine rings is 2. The maximum absolute atomic E-state index is 9.75. The molecule has 170 valence electrons. The second-order valence-corrected chi connectivity index (χ2v) is 8.67. The molecule has 1 aliphatic heterocycles. The molecule has 4 heterocycles. The van der Waals surface area contributed by atoms with Gasteiger partial charge in [-0.1, -0.05) is 6.07 Å². The summed E-state index contributed by atoms with van der Waals surface area (Å²) in [7, 11) is 0. The molecule has 0 amide bonds. The van der Waals surface area contributed by atoms with Crippen LogP contribution in [0.15, 0.2) is 36.5 Å². The summed E-state index contributed by atoms with van der Waals surface area (Å²) in [4.78, 5) is 11.3. The monoisotopic (exact) mass is 437 g/mol. The molecular formula is C23H31N7O2. The summed E-state index contributed by atoms with van der Waals surface area (Å²) in [5.74, 6) is 2.03. The Bertz CT molecular complexity index is 1030. The number of fused-ring (bicyclic) bond motifs is 1. The van der Waals surface area contributed by atoms with Crippen LogP contribution in [0.2, 0.25) is 0 Å². The zero-order chi connectivity index (χ0) is 21.8. The van der Waals surface area contributed by atoms with Gasteiger partial charge in [-0.15, -0.1) is 5.10 Å². The average Bonchev–Trinajstić information content (AvgIpc) is 3.46. The van der Waals surface area contributed by atoms with Crippen molar-refractivity contribution < 1.29 is 9.84 Å². The molecule has 5 rings (SSSR count). The van der Waals surface area contributed by atoms with E-state index in [0.717, 1.165) is 62.5 Å². The predicted molar refractivity (Wildman–Crippen MR) is 124 cm³/mol. The molecule has 3 aromatic heterocycles. The maximum Gasteiger partial charge on any atom is 0.247 e. The van der Waals surface area contributed by atoms with Gasteiger partial charge in [-0.3, -0.25) is 4.90 Å². The zero-order valence-electron chi connectivity index (χ0n) is 18.3. The normalized spacial score (nSPS) is 21.7. The molecule has 2 fully saturated rings. The van der Waals surface area contributed by atoms with Crippen LogP contribution in [-0.2, 0) is 0 Å². The first-order valence-electron chi connectivity index (χ1n) is 11.6. The van der Waals surface area contributed by atoms with Gasteiger partial charge in [0, 0.05) is 30.5 Å². The number of aromatic nitrogens is 4. The Morgan fingerprint density at radius 1 is 1.09 bits per heavy atom. The predicted octanol–water partition coefficient (Wildman–Crippen LogP) is 3.06. The number of hydrogen-bond acceptors (Lipinski definition) is 8. The molecule has 0 bridgehead atoms. The fourth-order valence-electron chi connectivity index (χ4n) is 4.48. The number of ether oxygens (including phenoxy) is 1. The highest BCUT2D eigenvalue weighted by atomic mass is 16.5. The summed E-state index contributed by atoms with van der Waals surface area (Å²) in [5.41, 5.74) is 1.60. The van der Waals surface area contributed by atoms with E-state index in [9.17, 15) is 5.11 Å². The molecule has 0 radical (unpaired) electrons. The maximum atomic E-state index is 9.75. The topological polar surface area (TPSA) is 99.8 Å². The number of rotatable bonds is 8. The zero-order valence-corrected chi connectivity index (χ0v) is 18.3. The molecular weight excluding hydrogens is 406 g/mol. The van der Waals surface area contributed by atoms with Gasteiger partial charge < -0.3 is 20.5 Å². The van der Waals surface area contributed by atoms with E-state index < -0.39 is 0 Å². The second kappa shape index (κ2) is 9.70. The summed E-state index contributed by atoms with van der Waals surface area (Å²) in [6.07, 6.45) is 7.71. The summed E-state index contributed by atoms with van der Waals surface area (Å²) >= 11 is 0. The van der Waals surface area contributed by atoms with Crippen LogP contribution < -0.4 is 15.4 Å². The van der Waals surface area contributed by atoms with Gasteiger partial charge in [0.2, 0.25) is 11.8 Å². The van der Waals surface area contributed by atoms with Gasteiger partial charge >= 0.3 is 0 Å². The first-order chi connectivity index (χ1) is 15.7. The number of hydrogen-bond donors (Lipinski definition) is 3. The number of aliphatic hydroxyl groups excluding tert-OH is 1. The largest absolute Gasteiger partial charge is 0.476 e. The third kappa shape index (κ3) is 5.11. The number of nitrogens with one attached hydrogen (secondary N) is 2. The highest BCUT2D eigenvalue weighted by Gasteiger charge is 2.20. The van der Waals surface area contributed by atoms with Crippen molar-refractivity contribution in [2.45, 2.75) is 50.7 Å². The van der Waals surface area contributed by atoms with Crippen LogP contribution in [0.3, 0.4) is 0 Å². The molecule has 32 heavy (non-hydrogen) atoms. The van der Waals surface area contributed by atoms with Crippen molar-refractivity contribution in [1.82, 2.24) is 24.5 Å². The van der Waals surface area contributed by atoms with Crippen molar-refractivity contribution in [3.05, 3.63) is 36.5 Å². The van der Waals surface area contributed by atoms with E-state index in [1.54, 1.807) is 6.20 Å². The Morgan fingerprint density at radius 2 is 1.94 bits per heavy atom. The molecule has 0 atom stereocenters. The molecule has 0 spiro atoms.